The van der Waals surface area contributed by atoms with Crippen LogP contribution >= 0.6 is 35.0 Å². The molecular weight excluding hydrogens is 493 g/mol. The van der Waals surface area contributed by atoms with Crippen LogP contribution in [0.1, 0.15) is 44.2 Å². The summed E-state index contributed by atoms with van der Waals surface area (Å²) < 4.78 is 0. The molecule has 6 nitrogen and oxygen atoms in total. The third kappa shape index (κ3) is 4.83. The van der Waals surface area contributed by atoms with Crippen LogP contribution in [0, 0.1) is 0 Å². The first-order valence-corrected chi connectivity index (χ1v) is 12.4. The molecule has 9 heteroatoms. The van der Waals surface area contributed by atoms with Gasteiger partial charge in [0.05, 0.1) is 4.91 Å². The SMILES string of the molecule is CC1CC(C)(C)N(C)c2cc(Cl)c(/C=C3/SC(=O)N(CC(=O)Nc4ccc(Cl)cc4)C3=O)cc21. The largest absolute Gasteiger partial charge is 0.369 e. The number of carbonyl (C=O) groups excluding carboxylic acids is 3. The number of imide groups is 1. The van der Waals surface area contributed by atoms with Crippen molar-refractivity contribution in [3.8, 4) is 0 Å². The summed E-state index contributed by atoms with van der Waals surface area (Å²) in [5.41, 5.74) is 3.43. The summed E-state index contributed by atoms with van der Waals surface area (Å²) in [4.78, 5) is 41.2. The summed E-state index contributed by atoms with van der Waals surface area (Å²) in [7, 11) is 2.06. The van der Waals surface area contributed by atoms with Crippen LogP contribution in [-0.2, 0) is 9.59 Å². The predicted octanol–water partition coefficient (Wildman–Crippen LogP) is 6.39. The molecule has 0 saturated carbocycles. The Hall–Kier alpha value is -2.48. The lowest BCUT2D eigenvalue weighted by atomic mass is 9.80. The lowest BCUT2D eigenvalue weighted by Gasteiger charge is -2.45. The Kier molecular flexibility index (Phi) is 6.73. The lowest BCUT2D eigenvalue weighted by molar-refractivity contribution is -0.127. The molecule has 4 rings (SSSR count). The van der Waals surface area contributed by atoms with Crippen LogP contribution in [0.4, 0.5) is 16.2 Å². The molecule has 2 aliphatic rings. The molecule has 2 heterocycles. The van der Waals surface area contributed by atoms with Crippen LogP contribution in [-0.4, -0.2) is 41.1 Å². The molecule has 0 aliphatic carbocycles. The van der Waals surface area contributed by atoms with E-state index < -0.39 is 17.1 Å². The second-order valence-electron chi connectivity index (χ2n) is 9.23. The molecule has 1 fully saturated rings. The van der Waals surface area contributed by atoms with E-state index in [1.54, 1.807) is 30.3 Å². The zero-order chi connectivity index (χ0) is 24.8. The van der Waals surface area contributed by atoms with Crippen molar-refractivity contribution in [3.63, 3.8) is 0 Å². The van der Waals surface area contributed by atoms with Crippen molar-refractivity contribution in [2.75, 3.05) is 23.8 Å². The average Bonchev–Trinajstić information content (AvgIpc) is 3.02. The fourth-order valence-corrected chi connectivity index (χ4v) is 5.54. The van der Waals surface area contributed by atoms with E-state index in [0.717, 1.165) is 34.3 Å². The zero-order valence-corrected chi connectivity index (χ0v) is 21.6. The number of hydrogen-bond donors (Lipinski definition) is 1. The van der Waals surface area contributed by atoms with Crippen molar-refractivity contribution in [3.05, 3.63) is 62.5 Å². The van der Waals surface area contributed by atoms with Gasteiger partial charge in [-0.2, -0.15) is 0 Å². The molecule has 1 N–H and O–H groups in total. The van der Waals surface area contributed by atoms with Gasteiger partial charge < -0.3 is 10.2 Å². The Bertz CT molecular complexity index is 1210. The highest BCUT2D eigenvalue weighted by Crippen LogP contribution is 2.45. The number of nitrogens with zero attached hydrogens (tertiary/aromatic N) is 2. The van der Waals surface area contributed by atoms with Gasteiger partial charge in [-0.3, -0.25) is 19.3 Å². The molecule has 1 unspecified atom stereocenters. The highest BCUT2D eigenvalue weighted by atomic mass is 35.5. The minimum absolute atomic E-state index is 0.00645. The van der Waals surface area contributed by atoms with Crippen molar-refractivity contribution in [2.45, 2.75) is 38.6 Å². The van der Waals surface area contributed by atoms with E-state index in [0.29, 0.717) is 27.2 Å². The van der Waals surface area contributed by atoms with Crippen LogP contribution in [0.2, 0.25) is 10.0 Å². The number of fused-ring (bicyclic) bond motifs is 1. The number of halogens is 2. The first-order chi connectivity index (χ1) is 16.0. The number of carbonyl (C=O) groups is 3. The Morgan fingerprint density at radius 2 is 1.88 bits per heavy atom. The van der Waals surface area contributed by atoms with E-state index in [1.165, 1.54) is 0 Å². The molecule has 3 amide bonds. The number of nitrogens with one attached hydrogen (secondary N) is 1. The Morgan fingerprint density at radius 3 is 2.56 bits per heavy atom. The maximum atomic E-state index is 12.9. The van der Waals surface area contributed by atoms with Gasteiger partial charge in [0.2, 0.25) is 5.91 Å². The Morgan fingerprint density at radius 1 is 1.21 bits per heavy atom. The average molecular weight is 518 g/mol. The molecule has 178 valence electrons. The molecule has 0 radical (unpaired) electrons. The number of thioether (sulfide) groups is 1. The van der Waals surface area contributed by atoms with E-state index in [-0.39, 0.29) is 17.0 Å². The Balaban J connectivity index is 1.54. The highest BCUT2D eigenvalue weighted by molar-refractivity contribution is 8.18. The Labute approximate surface area is 213 Å². The second-order valence-corrected chi connectivity index (χ2v) is 11.1. The van der Waals surface area contributed by atoms with Crippen LogP contribution in [0.15, 0.2) is 41.3 Å². The van der Waals surface area contributed by atoms with Crippen molar-refractivity contribution >= 4 is 69.5 Å². The molecule has 0 aromatic heterocycles. The predicted molar refractivity (Wildman–Crippen MR) is 140 cm³/mol. The standard InChI is InChI=1S/C25H25Cl2N3O3S/c1-14-12-25(2,3)29(4)20-11-19(27)15(9-18(14)20)10-21-23(32)30(24(33)34-21)13-22(31)28-17-7-5-16(26)6-8-17/h5-11,14H,12-13H2,1-4H3,(H,28,31)/b21-10+. The van der Waals surface area contributed by atoms with Crippen LogP contribution < -0.4 is 10.2 Å². The highest BCUT2D eigenvalue weighted by Gasteiger charge is 2.37. The topological polar surface area (TPSA) is 69.7 Å². The number of hydrogen-bond acceptors (Lipinski definition) is 5. The lowest BCUT2D eigenvalue weighted by Crippen LogP contribution is -2.45. The molecule has 0 spiro atoms. The van der Waals surface area contributed by atoms with Crippen LogP contribution in [0.3, 0.4) is 0 Å². The molecular formula is C25H25Cl2N3O3S. The van der Waals surface area contributed by atoms with Gasteiger partial charge in [-0.05, 0) is 91.5 Å². The number of rotatable bonds is 4. The summed E-state index contributed by atoms with van der Waals surface area (Å²) in [6.45, 7) is 6.21. The molecule has 34 heavy (non-hydrogen) atoms. The maximum Gasteiger partial charge on any atom is 0.294 e. The molecule has 1 atom stereocenters. The number of anilines is 2. The fraction of sp³-hybridized carbons (Fsp3) is 0.320. The quantitative estimate of drug-likeness (QED) is 0.475. The molecule has 0 bridgehead atoms. The van der Waals surface area contributed by atoms with Crippen molar-refractivity contribution in [1.82, 2.24) is 4.90 Å². The normalized spacial score (nSPS) is 20.6. The van der Waals surface area contributed by atoms with Crippen molar-refractivity contribution in [2.24, 2.45) is 0 Å². The van der Waals surface area contributed by atoms with E-state index in [4.69, 9.17) is 23.2 Å². The number of amides is 3. The minimum Gasteiger partial charge on any atom is -0.369 e. The first kappa shape index (κ1) is 24.6. The summed E-state index contributed by atoms with van der Waals surface area (Å²) in [5.74, 6) is -0.671. The van der Waals surface area contributed by atoms with Gasteiger partial charge in [-0.15, -0.1) is 0 Å². The second kappa shape index (κ2) is 9.29. The third-order valence-electron chi connectivity index (χ3n) is 6.34. The van der Waals surface area contributed by atoms with Gasteiger partial charge in [-0.25, -0.2) is 0 Å². The van der Waals surface area contributed by atoms with Gasteiger partial charge >= 0.3 is 0 Å². The fourth-order valence-electron chi connectivity index (χ4n) is 4.37. The van der Waals surface area contributed by atoms with Gasteiger partial charge in [0.15, 0.2) is 0 Å². The molecule has 2 aliphatic heterocycles. The van der Waals surface area contributed by atoms with Gasteiger partial charge in [0.1, 0.15) is 6.54 Å². The maximum absolute atomic E-state index is 12.9. The van der Waals surface area contributed by atoms with E-state index >= 15 is 0 Å². The van der Waals surface area contributed by atoms with E-state index in [1.807, 2.05) is 12.1 Å². The monoisotopic (exact) mass is 517 g/mol. The molecule has 2 aromatic carbocycles. The van der Waals surface area contributed by atoms with Gasteiger partial charge in [0, 0.05) is 34.0 Å². The number of benzene rings is 2. The van der Waals surface area contributed by atoms with Gasteiger partial charge in [-0.1, -0.05) is 30.1 Å². The van der Waals surface area contributed by atoms with Gasteiger partial charge in [0.25, 0.3) is 11.1 Å². The third-order valence-corrected chi connectivity index (χ3v) is 7.83. The van der Waals surface area contributed by atoms with Crippen molar-refractivity contribution in [1.29, 1.82) is 0 Å². The molecule has 1 saturated heterocycles. The zero-order valence-electron chi connectivity index (χ0n) is 19.3. The smallest absolute Gasteiger partial charge is 0.294 e. The minimum atomic E-state index is -0.513. The molecule has 2 aromatic rings. The van der Waals surface area contributed by atoms with Crippen LogP contribution in [0.5, 0.6) is 0 Å². The summed E-state index contributed by atoms with van der Waals surface area (Å²) >= 11 is 13.2. The van der Waals surface area contributed by atoms with E-state index in [2.05, 4.69) is 38.0 Å². The van der Waals surface area contributed by atoms with E-state index in [9.17, 15) is 14.4 Å². The summed E-state index contributed by atoms with van der Waals surface area (Å²) in [5, 5.41) is 3.21. The van der Waals surface area contributed by atoms with Crippen LogP contribution in [0.25, 0.3) is 6.08 Å². The van der Waals surface area contributed by atoms with Crippen molar-refractivity contribution < 1.29 is 14.4 Å². The summed E-state index contributed by atoms with van der Waals surface area (Å²) in [6, 6.07) is 10.5. The summed E-state index contributed by atoms with van der Waals surface area (Å²) in [6.07, 6.45) is 2.62. The first-order valence-electron chi connectivity index (χ1n) is 10.8.